The van der Waals surface area contributed by atoms with Crippen LogP contribution in [-0.4, -0.2) is 11.1 Å². The number of aromatic carboxylic acids is 1. The molecular formula is C16H12FNO3. The fraction of sp³-hybridized carbons (Fsp3) is 0.125. The molecule has 2 aromatic carbocycles. The second kappa shape index (κ2) is 6.06. The highest BCUT2D eigenvalue weighted by Crippen LogP contribution is 2.23. The van der Waals surface area contributed by atoms with Crippen molar-refractivity contribution in [1.82, 2.24) is 0 Å². The lowest BCUT2D eigenvalue weighted by atomic mass is 10.1. The average Bonchev–Trinajstić information content (AvgIpc) is 2.47. The van der Waals surface area contributed by atoms with Crippen molar-refractivity contribution in [1.29, 1.82) is 5.26 Å². The van der Waals surface area contributed by atoms with Gasteiger partial charge in [-0.05, 0) is 37.3 Å². The third kappa shape index (κ3) is 3.18. The predicted octanol–water partition coefficient (Wildman–Crippen LogP) is 3.28. The number of benzene rings is 2. The summed E-state index contributed by atoms with van der Waals surface area (Å²) in [5.41, 5.74) is 1.20. The second-order valence-corrected chi connectivity index (χ2v) is 4.44. The van der Waals surface area contributed by atoms with E-state index in [-0.39, 0.29) is 17.7 Å². The summed E-state index contributed by atoms with van der Waals surface area (Å²) < 4.78 is 19.1. The van der Waals surface area contributed by atoms with Gasteiger partial charge < -0.3 is 9.84 Å². The van der Waals surface area contributed by atoms with E-state index in [4.69, 9.17) is 15.1 Å². The molecule has 0 fully saturated rings. The van der Waals surface area contributed by atoms with Crippen LogP contribution in [0.15, 0.2) is 36.4 Å². The van der Waals surface area contributed by atoms with Crippen molar-refractivity contribution in [2.75, 3.05) is 0 Å². The Balaban J connectivity index is 2.23. The monoisotopic (exact) mass is 285 g/mol. The molecule has 0 aliphatic carbocycles. The van der Waals surface area contributed by atoms with Gasteiger partial charge in [0.25, 0.3) is 0 Å². The van der Waals surface area contributed by atoms with Crippen LogP contribution in [0.25, 0.3) is 0 Å². The van der Waals surface area contributed by atoms with E-state index >= 15 is 0 Å². The van der Waals surface area contributed by atoms with Crippen LogP contribution in [0.4, 0.5) is 4.39 Å². The fourth-order valence-corrected chi connectivity index (χ4v) is 1.91. The largest absolute Gasteiger partial charge is 0.488 e. The van der Waals surface area contributed by atoms with Gasteiger partial charge in [-0.25, -0.2) is 9.18 Å². The Hall–Kier alpha value is -2.87. The summed E-state index contributed by atoms with van der Waals surface area (Å²) in [6.45, 7) is 1.55. The van der Waals surface area contributed by atoms with Gasteiger partial charge in [-0.3, -0.25) is 0 Å². The summed E-state index contributed by atoms with van der Waals surface area (Å²) in [6, 6.07) is 10.6. The minimum atomic E-state index is -1.05. The van der Waals surface area contributed by atoms with Gasteiger partial charge in [-0.1, -0.05) is 6.07 Å². The SMILES string of the molecule is Cc1c(OCc2cc(C#N)ccc2F)cccc1C(=O)O. The minimum absolute atomic E-state index is 0.0781. The lowest BCUT2D eigenvalue weighted by Gasteiger charge is -2.11. The van der Waals surface area contributed by atoms with Crippen LogP contribution in [-0.2, 0) is 6.61 Å². The Morgan fingerprint density at radius 3 is 2.81 bits per heavy atom. The molecule has 2 aromatic rings. The Kier molecular flexibility index (Phi) is 4.19. The van der Waals surface area contributed by atoms with E-state index in [1.165, 1.54) is 24.3 Å². The third-order valence-electron chi connectivity index (χ3n) is 3.07. The summed E-state index contributed by atoms with van der Waals surface area (Å²) in [5, 5.41) is 17.8. The smallest absolute Gasteiger partial charge is 0.336 e. The minimum Gasteiger partial charge on any atom is -0.488 e. The van der Waals surface area contributed by atoms with E-state index in [0.717, 1.165) is 0 Å². The Labute approximate surface area is 121 Å². The van der Waals surface area contributed by atoms with E-state index in [1.807, 2.05) is 6.07 Å². The van der Waals surface area contributed by atoms with E-state index < -0.39 is 11.8 Å². The molecule has 0 unspecified atom stereocenters. The van der Waals surface area contributed by atoms with Crippen LogP contribution < -0.4 is 4.74 Å². The number of carbonyl (C=O) groups is 1. The number of nitrogens with zero attached hydrogens (tertiary/aromatic N) is 1. The zero-order valence-corrected chi connectivity index (χ0v) is 11.3. The number of hydrogen-bond donors (Lipinski definition) is 1. The van der Waals surface area contributed by atoms with Gasteiger partial charge in [0.2, 0.25) is 0 Å². The first-order chi connectivity index (χ1) is 10.0. The molecule has 0 spiro atoms. The van der Waals surface area contributed by atoms with Crippen molar-refractivity contribution in [3.05, 3.63) is 64.5 Å². The summed E-state index contributed by atoms with van der Waals surface area (Å²) in [4.78, 5) is 11.0. The van der Waals surface area contributed by atoms with Gasteiger partial charge in [0.15, 0.2) is 0 Å². The average molecular weight is 285 g/mol. The normalized spacial score (nSPS) is 9.95. The van der Waals surface area contributed by atoms with E-state index in [0.29, 0.717) is 16.9 Å². The number of rotatable bonds is 4. The van der Waals surface area contributed by atoms with Crippen LogP contribution in [0.5, 0.6) is 5.75 Å². The quantitative estimate of drug-likeness (QED) is 0.935. The first-order valence-electron chi connectivity index (χ1n) is 6.17. The molecule has 0 aliphatic heterocycles. The molecule has 0 bridgehead atoms. The van der Waals surface area contributed by atoms with Gasteiger partial charge in [0.1, 0.15) is 18.2 Å². The summed E-state index contributed by atoms with van der Waals surface area (Å²) in [5.74, 6) is -1.15. The Bertz CT molecular complexity index is 735. The Morgan fingerprint density at radius 2 is 2.14 bits per heavy atom. The van der Waals surface area contributed by atoms with Gasteiger partial charge >= 0.3 is 5.97 Å². The van der Waals surface area contributed by atoms with E-state index in [9.17, 15) is 9.18 Å². The molecule has 106 valence electrons. The van der Waals surface area contributed by atoms with Crippen LogP contribution in [0, 0.1) is 24.1 Å². The molecular weight excluding hydrogens is 273 g/mol. The molecule has 2 rings (SSSR count). The van der Waals surface area contributed by atoms with Gasteiger partial charge in [0.05, 0.1) is 17.2 Å². The van der Waals surface area contributed by atoms with Gasteiger partial charge in [0, 0.05) is 11.1 Å². The molecule has 1 N–H and O–H groups in total. The van der Waals surface area contributed by atoms with Gasteiger partial charge in [-0.2, -0.15) is 5.26 Å². The zero-order valence-electron chi connectivity index (χ0n) is 11.3. The molecule has 21 heavy (non-hydrogen) atoms. The van der Waals surface area contributed by atoms with Crippen molar-refractivity contribution in [3.63, 3.8) is 0 Å². The molecule has 0 saturated carbocycles. The first-order valence-corrected chi connectivity index (χ1v) is 6.17. The Morgan fingerprint density at radius 1 is 1.38 bits per heavy atom. The van der Waals surface area contributed by atoms with Crippen molar-refractivity contribution >= 4 is 5.97 Å². The van der Waals surface area contributed by atoms with Gasteiger partial charge in [-0.15, -0.1) is 0 Å². The predicted molar refractivity (Wildman–Crippen MR) is 73.6 cm³/mol. The topological polar surface area (TPSA) is 70.3 Å². The molecule has 0 heterocycles. The molecule has 0 aliphatic rings. The highest BCUT2D eigenvalue weighted by Gasteiger charge is 2.12. The number of nitriles is 1. The second-order valence-electron chi connectivity index (χ2n) is 4.44. The highest BCUT2D eigenvalue weighted by atomic mass is 19.1. The maximum absolute atomic E-state index is 13.6. The number of hydrogen-bond acceptors (Lipinski definition) is 3. The maximum atomic E-state index is 13.6. The molecule has 0 amide bonds. The molecule has 0 radical (unpaired) electrons. The number of ether oxygens (including phenoxy) is 1. The van der Waals surface area contributed by atoms with E-state index in [1.54, 1.807) is 19.1 Å². The lowest BCUT2D eigenvalue weighted by Crippen LogP contribution is -2.04. The van der Waals surface area contributed by atoms with E-state index in [2.05, 4.69) is 0 Å². The first kappa shape index (κ1) is 14.5. The maximum Gasteiger partial charge on any atom is 0.336 e. The number of carboxylic acid groups (broad SMARTS) is 1. The van der Waals surface area contributed by atoms with Crippen molar-refractivity contribution in [2.24, 2.45) is 0 Å². The summed E-state index contributed by atoms with van der Waals surface area (Å²) >= 11 is 0. The van der Waals surface area contributed by atoms with Crippen LogP contribution in [0.1, 0.15) is 27.0 Å². The van der Waals surface area contributed by atoms with Crippen LogP contribution >= 0.6 is 0 Å². The summed E-state index contributed by atoms with van der Waals surface area (Å²) in [7, 11) is 0. The molecule has 0 atom stereocenters. The number of carboxylic acids is 1. The highest BCUT2D eigenvalue weighted by molar-refractivity contribution is 5.90. The van der Waals surface area contributed by atoms with Crippen molar-refractivity contribution in [3.8, 4) is 11.8 Å². The molecule has 0 aromatic heterocycles. The van der Waals surface area contributed by atoms with Crippen molar-refractivity contribution in [2.45, 2.75) is 13.5 Å². The number of halogens is 1. The summed E-state index contributed by atoms with van der Waals surface area (Å²) in [6.07, 6.45) is 0. The molecule has 4 nitrogen and oxygen atoms in total. The molecule has 0 saturated heterocycles. The van der Waals surface area contributed by atoms with Crippen LogP contribution in [0.3, 0.4) is 0 Å². The lowest BCUT2D eigenvalue weighted by molar-refractivity contribution is 0.0695. The zero-order chi connectivity index (χ0) is 15.4. The fourth-order valence-electron chi connectivity index (χ4n) is 1.91. The standard InChI is InChI=1S/C16H12FNO3/c1-10-13(16(19)20)3-2-4-15(10)21-9-12-7-11(8-18)5-6-14(12)17/h2-7H,9H2,1H3,(H,19,20). The van der Waals surface area contributed by atoms with Crippen LogP contribution in [0.2, 0.25) is 0 Å². The molecule has 5 heteroatoms. The third-order valence-corrected chi connectivity index (χ3v) is 3.07. The van der Waals surface area contributed by atoms with Crippen molar-refractivity contribution < 1.29 is 19.0 Å².